The molecule has 90 valence electrons. The molecular formula is C11H10BrClFN3. The van der Waals surface area contributed by atoms with E-state index in [0.29, 0.717) is 11.6 Å². The summed E-state index contributed by atoms with van der Waals surface area (Å²) in [6.45, 7) is 0.494. The Bertz CT molecular complexity index is 515. The van der Waals surface area contributed by atoms with Crippen molar-refractivity contribution in [3.63, 3.8) is 0 Å². The van der Waals surface area contributed by atoms with E-state index in [1.807, 2.05) is 6.20 Å². The second kappa shape index (κ2) is 5.60. The van der Waals surface area contributed by atoms with Gasteiger partial charge in [-0.2, -0.15) is 0 Å². The standard InChI is InChI=1S/C11H10BrClFN3/c12-4-3-10-7-17(16-15-10)6-8-1-2-9(14)5-11(8)13/h1-2,5,7H,3-4,6H2. The largest absolute Gasteiger partial charge is 0.248 e. The molecule has 2 rings (SSSR count). The summed E-state index contributed by atoms with van der Waals surface area (Å²) in [6, 6.07) is 4.34. The van der Waals surface area contributed by atoms with Gasteiger partial charge in [-0.15, -0.1) is 5.10 Å². The fourth-order valence-electron chi connectivity index (χ4n) is 1.45. The van der Waals surface area contributed by atoms with Gasteiger partial charge in [0.25, 0.3) is 0 Å². The molecule has 0 amide bonds. The molecule has 0 aliphatic rings. The van der Waals surface area contributed by atoms with Gasteiger partial charge in [0.05, 0.1) is 12.2 Å². The molecule has 0 aliphatic heterocycles. The van der Waals surface area contributed by atoms with Gasteiger partial charge in [0.2, 0.25) is 0 Å². The molecule has 0 fully saturated rings. The van der Waals surface area contributed by atoms with Crippen LogP contribution in [0.2, 0.25) is 5.02 Å². The molecular weight excluding hydrogens is 308 g/mol. The monoisotopic (exact) mass is 317 g/mol. The molecule has 1 aromatic carbocycles. The third-order valence-corrected chi connectivity index (χ3v) is 3.03. The van der Waals surface area contributed by atoms with Gasteiger partial charge < -0.3 is 0 Å². The summed E-state index contributed by atoms with van der Waals surface area (Å²) in [4.78, 5) is 0. The van der Waals surface area contributed by atoms with Gasteiger partial charge in [0.1, 0.15) is 5.82 Å². The van der Waals surface area contributed by atoms with Crippen molar-refractivity contribution in [2.24, 2.45) is 0 Å². The van der Waals surface area contributed by atoms with E-state index in [4.69, 9.17) is 11.6 Å². The topological polar surface area (TPSA) is 30.7 Å². The van der Waals surface area contributed by atoms with Crippen molar-refractivity contribution >= 4 is 27.5 Å². The molecule has 0 saturated carbocycles. The Morgan fingerprint density at radius 3 is 2.94 bits per heavy atom. The maximum Gasteiger partial charge on any atom is 0.124 e. The highest BCUT2D eigenvalue weighted by Crippen LogP contribution is 2.18. The van der Waals surface area contributed by atoms with Gasteiger partial charge in [-0.3, -0.25) is 0 Å². The maximum atomic E-state index is 12.9. The number of alkyl halides is 1. The number of nitrogens with zero attached hydrogens (tertiary/aromatic N) is 3. The second-order valence-electron chi connectivity index (χ2n) is 3.58. The van der Waals surface area contributed by atoms with E-state index in [9.17, 15) is 4.39 Å². The summed E-state index contributed by atoms with van der Waals surface area (Å²) in [5.41, 5.74) is 1.74. The first kappa shape index (κ1) is 12.5. The Balaban J connectivity index is 2.13. The van der Waals surface area contributed by atoms with Crippen LogP contribution in [0.1, 0.15) is 11.3 Å². The molecule has 0 radical (unpaired) electrons. The first-order valence-corrected chi connectivity index (χ1v) is 6.58. The second-order valence-corrected chi connectivity index (χ2v) is 4.78. The van der Waals surface area contributed by atoms with Gasteiger partial charge in [-0.1, -0.05) is 38.8 Å². The van der Waals surface area contributed by atoms with Gasteiger partial charge >= 0.3 is 0 Å². The average Bonchev–Trinajstić information content (AvgIpc) is 2.71. The lowest BCUT2D eigenvalue weighted by Gasteiger charge is -2.03. The summed E-state index contributed by atoms with van der Waals surface area (Å²) in [5, 5.41) is 9.26. The van der Waals surface area contributed by atoms with Crippen LogP contribution in [-0.4, -0.2) is 20.3 Å². The van der Waals surface area contributed by atoms with E-state index in [-0.39, 0.29) is 5.82 Å². The SMILES string of the molecule is Fc1ccc(Cn2cc(CCBr)nn2)c(Cl)c1. The molecule has 0 aliphatic carbocycles. The van der Waals surface area contributed by atoms with Gasteiger partial charge in [0.15, 0.2) is 0 Å². The zero-order valence-electron chi connectivity index (χ0n) is 8.91. The minimum atomic E-state index is -0.336. The molecule has 3 nitrogen and oxygen atoms in total. The van der Waals surface area contributed by atoms with Crippen molar-refractivity contribution in [3.8, 4) is 0 Å². The zero-order chi connectivity index (χ0) is 12.3. The van der Waals surface area contributed by atoms with Crippen LogP contribution in [0.4, 0.5) is 4.39 Å². The zero-order valence-corrected chi connectivity index (χ0v) is 11.2. The Hall–Kier alpha value is -0.940. The molecule has 6 heteroatoms. The highest BCUT2D eigenvalue weighted by molar-refractivity contribution is 9.09. The lowest BCUT2D eigenvalue weighted by molar-refractivity contribution is 0.621. The predicted molar refractivity (Wildman–Crippen MR) is 68.0 cm³/mol. The van der Waals surface area contributed by atoms with Crippen LogP contribution in [0.3, 0.4) is 0 Å². The Morgan fingerprint density at radius 2 is 2.24 bits per heavy atom. The highest BCUT2D eigenvalue weighted by Gasteiger charge is 2.05. The van der Waals surface area contributed by atoms with E-state index >= 15 is 0 Å². The van der Waals surface area contributed by atoms with Gasteiger partial charge in [0, 0.05) is 23.0 Å². The van der Waals surface area contributed by atoms with E-state index in [0.717, 1.165) is 23.0 Å². The van der Waals surface area contributed by atoms with E-state index in [1.165, 1.54) is 12.1 Å². The van der Waals surface area contributed by atoms with Crippen LogP contribution in [0.15, 0.2) is 24.4 Å². The van der Waals surface area contributed by atoms with Gasteiger partial charge in [-0.25, -0.2) is 9.07 Å². The first-order valence-electron chi connectivity index (χ1n) is 5.08. The smallest absolute Gasteiger partial charge is 0.124 e. The molecule has 1 aromatic heterocycles. The predicted octanol–water partition coefficient (Wildman–Crippen LogP) is 3.06. The first-order chi connectivity index (χ1) is 8.19. The number of aromatic nitrogens is 3. The maximum absolute atomic E-state index is 12.9. The third kappa shape index (κ3) is 3.26. The summed E-state index contributed by atoms with van der Waals surface area (Å²) in [7, 11) is 0. The molecule has 0 atom stereocenters. The van der Waals surface area contributed by atoms with Crippen LogP contribution in [-0.2, 0) is 13.0 Å². The minimum Gasteiger partial charge on any atom is -0.248 e. The molecule has 0 N–H and O–H groups in total. The molecule has 0 unspecified atom stereocenters. The summed E-state index contributed by atoms with van der Waals surface area (Å²) in [6.07, 6.45) is 2.69. The van der Waals surface area contributed by atoms with Crippen molar-refractivity contribution in [2.45, 2.75) is 13.0 Å². The minimum absolute atomic E-state index is 0.336. The Kier molecular flexibility index (Phi) is 4.12. The van der Waals surface area contributed by atoms with E-state index in [2.05, 4.69) is 26.2 Å². The highest BCUT2D eigenvalue weighted by atomic mass is 79.9. The molecule has 2 aromatic rings. The number of hydrogen-bond acceptors (Lipinski definition) is 2. The summed E-state index contributed by atoms with van der Waals surface area (Å²) < 4.78 is 14.6. The fraction of sp³-hybridized carbons (Fsp3) is 0.273. The lowest BCUT2D eigenvalue weighted by atomic mass is 10.2. The van der Waals surface area contributed by atoms with Crippen molar-refractivity contribution in [3.05, 3.63) is 46.5 Å². The summed E-state index contributed by atoms with van der Waals surface area (Å²) >= 11 is 9.28. The third-order valence-electron chi connectivity index (χ3n) is 2.28. The average molecular weight is 319 g/mol. The van der Waals surface area contributed by atoms with Crippen LogP contribution in [0.25, 0.3) is 0 Å². The van der Waals surface area contributed by atoms with Crippen LogP contribution in [0, 0.1) is 5.82 Å². The van der Waals surface area contributed by atoms with Gasteiger partial charge in [-0.05, 0) is 17.7 Å². The quantitative estimate of drug-likeness (QED) is 0.811. The Morgan fingerprint density at radius 1 is 1.41 bits per heavy atom. The van der Waals surface area contributed by atoms with E-state index < -0.39 is 0 Å². The number of halogens is 3. The number of rotatable bonds is 4. The molecule has 0 spiro atoms. The van der Waals surface area contributed by atoms with Crippen molar-refractivity contribution in [2.75, 3.05) is 5.33 Å². The lowest BCUT2D eigenvalue weighted by Crippen LogP contribution is -2.01. The molecule has 0 bridgehead atoms. The number of aryl methyl sites for hydroxylation is 1. The van der Waals surface area contributed by atoms with Crippen LogP contribution in [0.5, 0.6) is 0 Å². The van der Waals surface area contributed by atoms with E-state index in [1.54, 1.807) is 10.7 Å². The number of benzene rings is 1. The fourth-order valence-corrected chi connectivity index (χ4v) is 2.08. The Labute approximate surface area is 112 Å². The van der Waals surface area contributed by atoms with Crippen molar-refractivity contribution < 1.29 is 4.39 Å². The molecule has 17 heavy (non-hydrogen) atoms. The van der Waals surface area contributed by atoms with Crippen LogP contribution >= 0.6 is 27.5 Å². The number of hydrogen-bond donors (Lipinski definition) is 0. The van der Waals surface area contributed by atoms with Crippen molar-refractivity contribution in [1.29, 1.82) is 0 Å². The molecule has 0 saturated heterocycles. The normalized spacial score (nSPS) is 10.8. The molecule has 1 heterocycles. The summed E-state index contributed by atoms with van der Waals surface area (Å²) in [5.74, 6) is -0.336. The van der Waals surface area contributed by atoms with Crippen molar-refractivity contribution in [1.82, 2.24) is 15.0 Å². The van der Waals surface area contributed by atoms with Crippen LogP contribution < -0.4 is 0 Å².